The van der Waals surface area contributed by atoms with E-state index in [1.807, 2.05) is 0 Å². The quantitative estimate of drug-likeness (QED) is 0.0299. The van der Waals surface area contributed by atoms with Crippen molar-refractivity contribution < 1.29 is 41.8 Å². The van der Waals surface area contributed by atoms with Crippen LogP contribution in [0.3, 0.4) is 0 Å². The zero-order chi connectivity index (χ0) is 56.7. The molecule has 0 saturated carbocycles. The van der Waals surface area contributed by atoms with Gasteiger partial charge in [-0.1, -0.05) is 235 Å². The summed E-state index contributed by atoms with van der Waals surface area (Å²) < 4.78 is 29.6. The Balaban J connectivity index is 0.000000594. The van der Waals surface area contributed by atoms with E-state index in [-0.39, 0.29) is 16.7 Å². The van der Waals surface area contributed by atoms with Crippen molar-refractivity contribution in [1.82, 2.24) is 0 Å². The lowest BCUT2D eigenvalue weighted by molar-refractivity contribution is 0.0470. The van der Waals surface area contributed by atoms with Crippen LogP contribution in [-0.2, 0) is 14.2 Å². The molecule has 0 spiro atoms. The van der Waals surface area contributed by atoms with Crippen LogP contribution in [0.15, 0.2) is 82.8 Å². The van der Waals surface area contributed by atoms with Crippen LogP contribution in [0.2, 0.25) is 0 Å². The Morgan fingerprint density at radius 1 is 0.338 bits per heavy atom. The standard InChI is InChI=1S/C28H48O4.C21H34O4.C16H24O4/c1-2-3-4-5-6-7-8-9-10-11-12-13-14-15-16-17-18-19-20-21-24-31-28(30)26-22-23-27(29)32-25-26;1-16(2)7-5-8-17(3)9-6-10-18(4)13-14-24-21(23)19-11-12-20(22)25-15-19;1-12(2)5-4-6-13(3)9-10-19-16(18)14-7-8-15(17)20-11-14/h22-23,25H,2-21,24H2,1H3;11-12,15-18H,5-10,13-14H2,1-4H3;7-8,11-13H,4-6,9-10H2,1-3H3. The molecular formula is C65H106O12. The van der Waals surface area contributed by atoms with Gasteiger partial charge in [0.25, 0.3) is 0 Å². The number of carbonyl (C=O) groups is 3. The van der Waals surface area contributed by atoms with Crippen LogP contribution in [0.4, 0.5) is 0 Å². The molecular weight excluding hydrogens is 973 g/mol. The van der Waals surface area contributed by atoms with Crippen LogP contribution in [-0.4, -0.2) is 37.7 Å². The molecule has 0 aliphatic carbocycles. The van der Waals surface area contributed by atoms with Crippen LogP contribution < -0.4 is 16.9 Å². The Kier molecular flexibility index (Phi) is 43.1. The van der Waals surface area contributed by atoms with Crippen molar-refractivity contribution in [1.29, 1.82) is 0 Å². The monoisotopic (exact) mass is 1080 g/mol. The van der Waals surface area contributed by atoms with Crippen molar-refractivity contribution in [3.05, 3.63) is 103 Å². The largest absolute Gasteiger partial charge is 0.462 e. The van der Waals surface area contributed by atoms with Gasteiger partial charge < -0.3 is 27.5 Å². The summed E-state index contributed by atoms with van der Waals surface area (Å²) in [6, 6.07) is 7.95. The minimum Gasteiger partial charge on any atom is -0.462 e. The number of rotatable bonds is 42. The van der Waals surface area contributed by atoms with Crippen molar-refractivity contribution in [2.75, 3.05) is 19.8 Å². The summed E-state index contributed by atoms with van der Waals surface area (Å²) in [5, 5.41) is 0. The minimum atomic E-state index is -0.472. The van der Waals surface area contributed by atoms with Gasteiger partial charge in [0.05, 0.1) is 36.5 Å². The molecule has 0 N–H and O–H groups in total. The first-order chi connectivity index (χ1) is 37.1. The van der Waals surface area contributed by atoms with E-state index in [1.54, 1.807) is 0 Å². The zero-order valence-electron chi connectivity index (χ0n) is 49.5. The molecule has 3 heterocycles. The second-order valence-corrected chi connectivity index (χ2v) is 22.6. The van der Waals surface area contributed by atoms with E-state index in [0.29, 0.717) is 31.7 Å². The summed E-state index contributed by atoms with van der Waals surface area (Å²) in [6.45, 7) is 19.3. The smallest absolute Gasteiger partial charge is 0.341 e. The first-order valence-electron chi connectivity index (χ1n) is 30.4. The Hall–Kier alpha value is -4.74. The Labute approximate surface area is 465 Å². The molecule has 3 aromatic heterocycles. The number of hydrogen-bond donors (Lipinski definition) is 0. The number of esters is 3. The molecule has 0 fully saturated rings. The number of ether oxygens (including phenoxy) is 3. The van der Waals surface area contributed by atoms with E-state index in [4.69, 9.17) is 14.2 Å². The van der Waals surface area contributed by atoms with Crippen LogP contribution >= 0.6 is 0 Å². The molecule has 438 valence electrons. The maximum Gasteiger partial charge on any atom is 0.341 e. The summed E-state index contributed by atoms with van der Waals surface area (Å²) in [5.41, 5.74) is -0.558. The lowest BCUT2D eigenvalue weighted by Crippen LogP contribution is -2.10. The van der Waals surface area contributed by atoms with Crippen molar-refractivity contribution >= 4 is 17.9 Å². The maximum absolute atomic E-state index is 11.8. The van der Waals surface area contributed by atoms with Gasteiger partial charge in [-0.3, -0.25) is 0 Å². The number of carbonyl (C=O) groups excluding carboxylic acids is 3. The molecule has 3 unspecified atom stereocenters. The van der Waals surface area contributed by atoms with E-state index in [1.165, 1.54) is 203 Å². The van der Waals surface area contributed by atoms with E-state index >= 15 is 0 Å². The molecule has 0 aliphatic heterocycles. The first-order valence-corrected chi connectivity index (χ1v) is 30.4. The second kappa shape index (κ2) is 47.3. The second-order valence-electron chi connectivity index (χ2n) is 22.6. The molecule has 0 bridgehead atoms. The summed E-state index contributed by atoms with van der Waals surface area (Å²) >= 11 is 0. The highest BCUT2D eigenvalue weighted by Gasteiger charge is 2.13. The van der Waals surface area contributed by atoms with Gasteiger partial charge in [-0.25, -0.2) is 28.8 Å². The molecule has 3 atom stereocenters. The summed E-state index contributed by atoms with van der Waals surface area (Å²) in [7, 11) is 0. The van der Waals surface area contributed by atoms with E-state index in [9.17, 15) is 28.8 Å². The molecule has 77 heavy (non-hydrogen) atoms. The summed E-state index contributed by atoms with van der Waals surface area (Å²) in [4.78, 5) is 67.8. The third-order valence-electron chi connectivity index (χ3n) is 14.1. The third kappa shape index (κ3) is 42.0. The molecule has 3 aromatic rings. The fraction of sp³-hybridized carbons (Fsp3) is 0.723. The van der Waals surface area contributed by atoms with Crippen LogP contribution in [0, 0.1) is 29.6 Å². The fourth-order valence-corrected chi connectivity index (χ4v) is 8.90. The van der Waals surface area contributed by atoms with Crippen molar-refractivity contribution in [2.45, 2.75) is 254 Å². The predicted octanol–water partition coefficient (Wildman–Crippen LogP) is 17.7. The minimum absolute atomic E-state index is 0.275. The van der Waals surface area contributed by atoms with Crippen molar-refractivity contribution in [3.63, 3.8) is 0 Å². The van der Waals surface area contributed by atoms with Crippen LogP contribution in [0.25, 0.3) is 0 Å². The maximum atomic E-state index is 11.8. The molecule has 0 radical (unpaired) electrons. The average molecular weight is 1080 g/mol. The molecule has 0 amide bonds. The normalized spacial score (nSPS) is 12.2. The van der Waals surface area contributed by atoms with Gasteiger partial charge >= 0.3 is 34.8 Å². The molecule has 0 aliphatic rings. The summed E-state index contributed by atoms with van der Waals surface area (Å²) in [6.07, 6.45) is 43.5. The lowest BCUT2D eigenvalue weighted by Gasteiger charge is -2.15. The Morgan fingerprint density at radius 3 is 0.870 bits per heavy atom. The number of unbranched alkanes of at least 4 members (excludes halogenated alkanes) is 19. The molecule has 12 nitrogen and oxygen atoms in total. The van der Waals surface area contributed by atoms with Gasteiger partial charge in [0.2, 0.25) is 0 Å². The zero-order valence-corrected chi connectivity index (χ0v) is 49.5. The molecule has 12 heteroatoms. The molecule has 3 rings (SSSR count). The SMILES string of the molecule is CC(C)CCCC(C)CCCC(C)CCOC(=O)c1ccc(=O)oc1.CC(C)CCCC(C)CCOC(=O)c1ccc(=O)oc1.CCCCCCCCCCCCCCCCCCCCCCOC(=O)c1ccc(=O)oc1. The Morgan fingerprint density at radius 2 is 0.597 bits per heavy atom. The highest BCUT2D eigenvalue weighted by atomic mass is 16.5. The summed E-state index contributed by atoms with van der Waals surface area (Å²) in [5.74, 6) is 2.15. The topological polar surface area (TPSA) is 170 Å². The average Bonchev–Trinajstić information content (AvgIpc) is 3.39. The van der Waals surface area contributed by atoms with Crippen LogP contribution in [0.5, 0.6) is 0 Å². The molecule has 0 saturated heterocycles. The Bertz CT molecular complexity index is 2020. The van der Waals surface area contributed by atoms with E-state index in [0.717, 1.165) is 68.6 Å². The van der Waals surface area contributed by atoms with Crippen LogP contribution in [0.1, 0.15) is 286 Å². The highest BCUT2D eigenvalue weighted by molar-refractivity contribution is 5.89. The van der Waals surface area contributed by atoms with Gasteiger partial charge in [-0.05, 0) is 67.1 Å². The van der Waals surface area contributed by atoms with E-state index in [2.05, 4.69) is 68.6 Å². The van der Waals surface area contributed by atoms with Crippen molar-refractivity contribution in [3.8, 4) is 0 Å². The number of hydrogen-bond acceptors (Lipinski definition) is 12. The third-order valence-corrected chi connectivity index (χ3v) is 14.1. The fourth-order valence-electron chi connectivity index (χ4n) is 8.90. The van der Waals surface area contributed by atoms with Gasteiger partial charge in [-0.2, -0.15) is 0 Å². The van der Waals surface area contributed by atoms with Gasteiger partial charge in [0.1, 0.15) is 18.8 Å². The molecule has 0 aromatic carbocycles. The first kappa shape index (κ1) is 70.3. The van der Waals surface area contributed by atoms with E-state index < -0.39 is 34.8 Å². The van der Waals surface area contributed by atoms with Crippen molar-refractivity contribution in [2.24, 2.45) is 29.6 Å². The van der Waals surface area contributed by atoms with Gasteiger partial charge in [0.15, 0.2) is 0 Å². The lowest BCUT2D eigenvalue weighted by atomic mass is 9.93. The van der Waals surface area contributed by atoms with Gasteiger partial charge in [-0.15, -0.1) is 0 Å². The van der Waals surface area contributed by atoms with Gasteiger partial charge in [0, 0.05) is 18.2 Å². The highest BCUT2D eigenvalue weighted by Crippen LogP contribution is 2.21. The predicted molar refractivity (Wildman–Crippen MR) is 312 cm³/mol.